The lowest BCUT2D eigenvalue weighted by molar-refractivity contribution is 0.556. The number of hydrogen-bond donors (Lipinski definition) is 1. The molecular weight excluding hydrogens is 188 g/mol. The first-order valence-corrected chi connectivity index (χ1v) is 4.74. The van der Waals surface area contributed by atoms with E-state index in [0.29, 0.717) is 18.1 Å². The summed E-state index contributed by atoms with van der Waals surface area (Å²) in [6.07, 6.45) is 1.58. The number of benzene rings is 1. The van der Waals surface area contributed by atoms with Gasteiger partial charge < -0.3 is 10.2 Å². The Bertz CT molecular complexity index is 432. The highest BCUT2D eigenvalue weighted by Crippen LogP contribution is 2.03. The third-order valence-electron chi connectivity index (χ3n) is 2.05. The van der Waals surface area contributed by atoms with Gasteiger partial charge in [-0.3, -0.25) is 4.99 Å². The zero-order valence-electron chi connectivity index (χ0n) is 8.26. The maximum atomic E-state index is 5.74. The standard InChI is InChI=1S/C12H12N2O/c13-12(11-7-4-8-15-11)14-9-10-5-2-1-3-6-10/h1-8H,9H2,(H2,13,14). The van der Waals surface area contributed by atoms with E-state index in [1.165, 1.54) is 0 Å². The maximum absolute atomic E-state index is 5.74. The zero-order valence-corrected chi connectivity index (χ0v) is 8.26. The van der Waals surface area contributed by atoms with E-state index in [9.17, 15) is 0 Å². The lowest BCUT2D eigenvalue weighted by atomic mass is 10.2. The monoisotopic (exact) mass is 200 g/mol. The minimum Gasteiger partial charge on any atom is -0.461 e. The van der Waals surface area contributed by atoms with E-state index in [0.717, 1.165) is 5.56 Å². The molecule has 15 heavy (non-hydrogen) atoms. The second-order valence-electron chi connectivity index (χ2n) is 3.16. The number of nitrogens with two attached hydrogens (primary N) is 1. The molecule has 2 aromatic rings. The van der Waals surface area contributed by atoms with Crippen molar-refractivity contribution in [1.82, 2.24) is 0 Å². The Labute approximate surface area is 88.2 Å². The van der Waals surface area contributed by atoms with Crippen LogP contribution >= 0.6 is 0 Å². The first-order valence-electron chi connectivity index (χ1n) is 4.74. The molecule has 0 saturated heterocycles. The molecule has 0 fully saturated rings. The van der Waals surface area contributed by atoms with Crippen LogP contribution in [0.2, 0.25) is 0 Å². The molecule has 0 saturated carbocycles. The average Bonchev–Trinajstić information content (AvgIpc) is 2.81. The van der Waals surface area contributed by atoms with Crippen molar-refractivity contribution in [3.63, 3.8) is 0 Å². The number of aliphatic imine (C=N–C) groups is 1. The largest absolute Gasteiger partial charge is 0.461 e. The van der Waals surface area contributed by atoms with Gasteiger partial charge in [-0.25, -0.2) is 0 Å². The van der Waals surface area contributed by atoms with Gasteiger partial charge in [-0.2, -0.15) is 0 Å². The van der Waals surface area contributed by atoms with Crippen molar-refractivity contribution in [1.29, 1.82) is 0 Å². The first-order chi connectivity index (χ1) is 7.36. The van der Waals surface area contributed by atoms with Gasteiger partial charge in [-0.05, 0) is 17.7 Å². The molecule has 0 aliphatic heterocycles. The number of rotatable bonds is 3. The van der Waals surface area contributed by atoms with Crippen LogP contribution in [0.1, 0.15) is 11.3 Å². The number of hydrogen-bond acceptors (Lipinski definition) is 2. The fourth-order valence-electron chi connectivity index (χ4n) is 1.26. The average molecular weight is 200 g/mol. The van der Waals surface area contributed by atoms with E-state index in [2.05, 4.69) is 4.99 Å². The van der Waals surface area contributed by atoms with E-state index in [-0.39, 0.29) is 0 Å². The normalized spacial score (nSPS) is 11.6. The maximum Gasteiger partial charge on any atom is 0.168 e. The van der Waals surface area contributed by atoms with Crippen LogP contribution in [0.3, 0.4) is 0 Å². The molecule has 0 unspecified atom stereocenters. The van der Waals surface area contributed by atoms with E-state index >= 15 is 0 Å². The first kappa shape index (κ1) is 9.52. The molecule has 0 radical (unpaired) electrons. The molecule has 1 aromatic heterocycles. The number of furan rings is 1. The van der Waals surface area contributed by atoms with Crippen LogP contribution in [0, 0.1) is 0 Å². The summed E-state index contributed by atoms with van der Waals surface area (Å²) in [6.45, 7) is 0.577. The predicted molar refractivity (Wildman–Crippen MR) is 59.6 cm³/mol. The second kappa shape index (κ2) is 4.46. The van der Waals surface area contributed by atoms with E-state index in [1.807, 2.05) is 30.3 Å². The molecule has 0 aliphatic rings. The predicted octanol–water partition coefficient (Wildman–Crippen LogP) is 2.19. The molecule has 0 aliphatic carbocycles. The summed E-state index contributed by atoms with van der Waals surface area (Å²) in [7, 11) is 0. The lowest BCUT2D eigenvalue weighted by Crippen LogP contribution is -2.12. The highest BCUT2D eigenvalue weighted by atomic mass is 16.3. The minimum atomic E-state index is 0.434. The molecule has 2 N–H and O–H groups in total. The minimum absolute atomic E-state index is 0.434. The fraction of sp³-hybridized carbons (Fsp3) is 0.0833. The Kier molecular flexibility index (Phi) is 2.83. The van der Waals surface area contributed by atoms with Crippen molar-refractivity contribution in [3.8, 4) is 0 Å². The van der Waals surface area contributed by atoms with Gasteiger partial charge in [0.1, 0.15) is 0 Å². The van der Waals surface area contributed by atoms with Gasteiger partial charge in [0.25, 0.3) is 0 Å². The lowest BCUT2D eigenvalue weighted by Gasteiger charge is -1.97. The van der Waals surface area contributed by atoms with Crippen LogP contribution < -0.4 is 5.73 Å². The molecule has 1 heterocycles. The molecule has 1 aromatic carbocycles. The topological polar surface area (TPSA) is 51.5 Å². The Hall–Kier alpha value is -2.03. The van der Waals surface area contributed by atoms with Crippen molar-refractivity contribution in [2.75, 3.05) is 0 Å². The molecular formula is C12H12N2O. The summed E-state index contributed by atoms with van der Waals surface area (Å²) in [5.41, 5.74) is 6.88. The summed E-state index contributed by atoms with van der Waals surface area (Å²) >= 11 is 0. The van der Waals surface area contributed by atoms with Gasteiger partial charge in [-0.15, -0.1) is 0 Å². The van der Waals surface area contributed by atoms with Gasteiger partial charge in [0, 0.05) is 0 Å². The quantitative estimate of drug-likeness (QED) is 0.610. The van der Waals surface area contributed by atoms with Gasteiger partial charge in [0.2, 0.25) is 0 Å². The van der Waals surface area contributed by atoms with Crippen molar-refractivity contribution in [2.45, 2.75) is 6.54 Å². The van der Waals surface area contributed by atoms with Crippen LogP contribution in [0.25, 0.3) is 0 Å². The Morgan fingerprint density at radius 3 is 2.60 bits per heavy atom. The second-order valence-corrected chi connectivity index (χ2v) is 3.16. The Morgan fingerprint density at radius 2 is 1.93 bits per heavy atom. The van der Waals surface area contributed by atoms with Crippen molar-refractivity contribution in [3.05, 3.63) is 60.1 Å². The molecule has 3 heteroatoms. The van der Waals surface area contributed by atoms with Gasteiger partial charge >= 0.3 is 0 Å². The van der Waals surface area contributed by atoms with Crippen LogP contribution in [0.4, 0.5) is 0 Å². The van der Waals surface area contributed by atoms with Crippen molar-refractivity contribution in [2.24, 2.45) is 10.7 Å². The smallest absolute Gasteiger partial charge is 0.168 e. The van der Waals surface area contributed by atoms with Gasteiger partial charge in [0.15, 0.2) is 11.6 Å². The summed E-state index contributed by atoms with van der Waals surface area (Å²) < 4.78 is 5.13. The molecule has 0 atom stereocenters. The summed E-state index contributed by atoms with van der Waals surface area (Å²) in [5.74, 6) is 1.05. The molecule has 0 spiro atoms. The molecule has 2 rings (SSSR count). The van der Waals surface area contributed by atoms with E-state index in [4.69, 9.17) is 10.2 Å². The summed E-state index contributed by atoms with van der Waals surface area (Å²) in [6, 6.07) is 13.5. The van der Waals surface area contributed by atoms with Gasteiger partial charge in [-0.1, -0.05) is 30.3 Å². The molecule has 0 bridgehead atoms. The van der Waals surface area contributed by atoms with Crippen LogP contribution in [0.15, 0.2) is 58.1 Å². The van der Waals surface area contributed by atoms with Crippen molar-refractivity contribution >= 4 is 5.84 Å². The van der Waals surface area contributed by atoms with Crippen LogP contribution in [0.5, 0.6) is 0 Å². The van der Waals surface area contributed by atoms with Crippen molar-refractivity contribution < 1.29 is 4.42 Å². The summed E-state index contributed by atoms with van der Waals surface area (Å²) in [5, 5.41) is 0. The van der Waals surface area contributed by atoms with Gasteiger partial charge in [0.05, 0.1) is 12.8 Å². The zero-order chi connectivity index (χ0) is 10.5. The summed E-state index contributed by atoms with van der Waals surface area (Å²) in [4.78, 5) is 4.24. The Morgan fingerprint density at radius 1 is 1.13 bits per heavy atom. The SMILES string of the molecule is NC(=NCc1ccccc1)c1ccco1. The fourth-order valence-corrected chi connectivity index (χ4v) is 1.26. The Balaban J connectivity index is 2.06. The molecule has 3 nitrogen and oxygen atoms in total. The highest BCUT2D eigenvalue weighted by molar-refractivity contribution is 5.94. The number of nitrogens with zero attached hydrogens (tertiary/aromatic N) is 1. The van der Waals surface area contributed by atoms with Crippen LogP contribution in [-0.2, 0) is 6.54 Å². The highest BCUT2D eigenvalue weighted by Gasteiger charge is 1.99. The third-order valence-corrected chi connectivity index (χ3v) is 2.05. The molecule has 0 amide bonds. The van der Waals surface area contributed by atoms with E-state index < -0.39 is 0 Å². The van der Waals surface area contributed by atoms with Crippen LogP contribution in [-0.4, -0.2) is 5.84 Å². The number of amidine groups is 1. The molecule has 76 valence electrons. The third kappa shape index (κ3) is 2.47. The van der Waals surface area contributed by atoms with E-state index in [1.54, 1.807) is 18.4 Å².